The van der Waals surface area contributed by atoms with Crippen molar-refractivity contribution in [1.82, 2.24) is 0 Å². The van der Waals surface area contributed by atoms with Crippen LogP contribution in [0.25, 0.3) is 0 Å². The molecule has 0 bridgehead atoms. The van der Waals surface area contributed by atoms with Crippen LogP contribution < -0.4 is 0 Å². The SMILES string of the molecule is Cc1ccc(S(=O)Cc2ccc(Cl)cc2)cc1C(=O)O. The average Bonchev–Trinajstić information content (AvgIpc) is 2.41. The molecule has 5 heteroatoms. The van der Waals surface area contributed by atoms with Crippen LogP contribution in [-0.4, -0.2) is 15.3 Å². The van der Waals surface area contributed by atoms with E-state index < -0.39 is 16.8 Å². The third kappa shape index (κ3) is 3.46. The normalized spacial score (nSPS) is 12.1. The highest BCUT2D eigenvalue weighted by Crippen LogP contribution is 2.18. The molecule has 0 amide bonds. The van der Waals surface area contributed by atoms with E-state index in [9.17, 15) is 9.00 Å². The van der Waals surface area contributed by atoms with Gasteiger partial charge in [-0.15, -0.1) is 0 Å². The third-order valence-electron chi connectivity index (χ3n) is 2.91. The molecule has 1 N–H and O–H groups in total. The Morgan fingerprint density at radius 3 is 2.45 bits per heavy atom. The smallest absolute Gasteiger partial charge is 0.335 e. The molecule has 0 fully saturated rings. The van der Waals surface area contributed by atoms with Gasteiger partial charge in [-0.25, -0.2) is 4.79 Å². The first-order valence-electron chi connectivity index (χ1n) is 5.94. The minimum absolute atomic E-state index is 0.187. The van der Waals surface area contributed by atoms with E-state index >= 15 is 0 Å². The second-order valence-electron chi connectivity index (χ2n) is 4.40. The maximum Gasteiger partial charge on any atom is 0.335 e. The van der Waals surface area contributed by atoms with Gasteiger partial charge >= 0.3 is 5.97 Å². The fraction of sp³-hybridized carbons (Fsp3) is 0.133. The van der Waals surface area contributed by atoms with Crippen LogP contribution in [0.1, 0.15) is 21.5 Å². The van der Waals surface area contributed by atoms with Crippen molar-refractivity contribution in [2.75, 3.05) is 0 Å². The second kappa shape index (κ2) is 6.20. The number of halogens is 1. The Balaban J connectivity index is 2.23. The summed E-state index contributed by atoms with van der Waals surface area (Å²) in [4.78, 5) is 11.6. The molecule has 0 saturated heterocycles. The zero-order valence-corrected chi connectivity index (χ0v) is 12.4. The van der Waals surface area contributed by atoms with Crippen molar-refractivity contribution in [3.05, 3.63) is 64.2 Å². The molecule has 2 rings (SSSR count). The first-order chi connectivity index (χ1) is 9.47. The molecule has 2 aromatic carbocycles. The summed E-state index contributed by atoms with van der Waals surface area (Å²) in [5, 5.41) is 9.71. The molecule has 20 heavy (non-hydrogen) atoms. The van der Waals surface area contributed by atoms with Crippen LogP contribution in [-0.2, 0) is 16.6 Å². The van der Waals surface area contributed by atoms with Crippen LogP contribution in [0.15, 0.2) is 47.4 Å². The summed E-state index contributed by atoms with van der Waals surface area (Å²) < 4.78 is 12.3. The third-order valence-corrected chi connectivity index (χ3v) is 4.54. The zero-order chi connectivity index (χ0) is 14.7. The first-order valence-corrected chi connectivity index (χ1v) is 7.64. The second-order valence-corrected chi connectivity index (χ2v) is 6.29. The van der Waals surface area contributed by atoms with Gasteiger partial charge in [-0.05, 0) is 42.3 Å². The van der Waals surface area contributed by atoms with E-state index in [1.54, 1.807) is 31.2 Å². The van der Waals surface area contributed by atoms with Crippen LogP contribution in [0.3, 0.4) is 0 Å². The van der Waals surface area contributed by atoms with Crippen molar-refractivity contribution in [2.45, 2.75) is 17.6 Å². The number of benzene rings is 2. The van der Waals surface area contributed by atoms with Gasteiger partial charge in [0.05, 0.1) is 22.1 Å². The highest BCUT2D eigenvalue weighted by Gasteiger charge is 2.11. The lowest BCUT2D eigenvalue weighted by Crippen LogP contribution is -2.03. The minimum atomic E-state index is -1.28. The number of carboxylic acid groups (broad SMARTS) is 1. The number of hydrogen-bond acceptors (Lipinski definition) is 2. The van der Waals surface area contributed by atoms with Gasteiger partial charge in [0.15, 0.2) is 0 Å². The molecular formula is C15H13ClO3S. The molecule has 0 radical (unpaired) electrons. The van der Waals surface area contributed by atoms with Crippen LogP contribution in [0, 0.1) is 6.92 Å². The van der Waals surface area contributed by atoms with Crippen LogP contribution in [0.5, 0.6) is 0 Å². The summed E-state index contributed by atoms with van der Waals surface area (Å²) >= 11 is 5.80. The Kier molecular flexibility index (Phi) is 4.57. The van der Waals surface area contributed by atoms with E-state index in [1.807, 2.05) is 12.1 Å². The Bertz CT molecular complexity index is 665. The van der Waals surface area contributed by atoms with E-state index in [0.717, 1.165) is 5.56 Å². The van der Waals surface area contributed by atoms with Crippen LogP contribution in [0.2, 0.25) is 5.02 Å². The van der Waals surface area contributed by atoms with Gasteiger partial charge in [0.2, 0.25) is 0 Å². The Hall–Kier alpha value is -1.65. The maximum atomic E-state index is 12.3. The molecule has 0 spiro atoms. The summed E-state index contributed by atoms with van der Waals surface area (Å²) in [6.07, 6.45) is 0. The Morgan fingerprint density at radius 1 is 1.20 bits per heavy atom. The molecule has 0 aliphatic heterocycles. The van der Waals surface area contributed by atoms with Gasteiger partial charge in [0.25, 0.3) is 0 Å². The topological polar surface area (TPSA) is 54.4 Å². The van der Waals surface area contributed by atoms with Gasteiger partial charge < -0.3 is 5.11 Å². The maximum absolute atomic E-state index is 12.3. The molecule has 0 saturated carbocycles. The average molecular weight is 309 g/mol. The molecule has 0 aliphatic carbocycles. The van der Waals surface area contributed by atoms with E-state index in [1.165, 1.54) is 6.07 Å². The highest BCUT2D eigenvalue weighted by atomic mass is 35.5. The lowest BCUT2D eigenvalue weighted by molar-refractivity contribution is 0.0696. The predicted molar refractivity (Wildman–Crippen MR) is 79.7 cm³/mol. The van der Waals surface area contributed by atoms with Crippen molar-refractivity contribution in [3.63, 3.8) is 0 Å². The number of aromatic carboxylic acids is 1. The number of hydrogen-bond donors (Lipinski definition) is 1. The lowest BCUT2D eigenvalue weighted by atomic mass is 10.1. The monoisotopic (exact) mass is 308 g/mol. The van der Waals surface area contributed by atoms with Crippen molar-refractivity contribution in [1.29, 1.82) is 0 Å². The van der Waals surface area contributed by atoms with Gasteiger partial charge in [-0.3, -0.25) is 4.21 Å². The Labute approximate surface area is 124 Å². The highest BCUT2D eigenvalue weighted by molar-refractivity contribution is 7.84. The fourth-order valence-corrected chi connectivity index (χ4v) is 3.05. The number of aryl methyl sites for hydroxylation is 1. The Morgan fingerprint density at radius 2 is 1.85 bits per heavy atom. The molecule has 1 atom stereocenters. The van der Waals surface area contributed by atoms with Crippen molar-refractivity contribution >= 4 is 28.4 Å². The summed E-state index contributed by atoms with van der Waals surface area (Å²) in [5.41, 5.74) is 1.74. The van der Waals surface area contributed by atoms with Crippen molar-refractivity contribution in [3.8, 4) is 0 Å². The van der Waals surface area contributed by atoms with Crippen molar-refractivity contribution in [2.24, 2.45) is 0 Å². The molecule has 0 heterocycles. The zero-order valence-electron chi connectivity index (χ0n) is 10.8. The summed E-state index contributed by atoms with van der Waals surface area (Å²) in [6, 6.07) is 12.0. The molecule has 0 aromatic heterocycles. The van der Waals surface area contributed by atoms with Crippen LogP contribution in [0.4, 0.5) is 0 Å². The number of carboxylic acids is 1. The van der Waals surface area contributed by atoms with E-state index in [2.05, 4.69) is 0 Å². The van der Waals surface area contributed by atoms with Gasteiger partial charge in [-0.2, -0.15) is 0 Å². The largest absolute Gasteiger partial charge is 0.478 e. The fourth-order valence-electron chi connectivity index (χ4n) is 1.79. The lowest BCUT2D eigenvalue weighted by Gasteiger charge is -2.06. The number of carbonyl (C=O) groups is 1. The molecule has 3 nitrogen and oxygen atoms in total. The molecule has 2 aromatic rings. The molecule has 1 unspecified atom stereocenters. The van der Waals surface area contributed by atoms with Crippen molar-refractivity contribution < 1.29 is 14.1 Å². The van der Waals surface area contributed by atoms with Gasteiger partial charge in [0.1, 0.15) is 0 Å². The van der Waals surface area contributed by atoms with E-state index in [4.69, 9.17) is 16.7 Å². The standard InChI is InChI=1S/C15H13ClO3S/c1-10-2-7-13(8-14(10)15(17)18)20(19)9-11-3-5-12(16)6-4-11/h2-8H,9H2,1H3,(H,17,18). The van der Waals surface area contributed by atoms with Gasteiger partial charge in [0, 0.05) is 9.92 Å². The molecule has 0 aliphatic rings. The summed E-state index contributed by atoms with van der Waals surface area (Å²) in [6.45, 7) is 1.72. The van der Waals surface area contributed by atoms with E-state index in [0.29, 0.717) is 21.2 Å². The minimum Gasteiger partial charge on any atom is -0.478 e. The molecule has 104 valence electrons. The quantitative estimate of drug-likeness (QED) is 0.938. The number of rotatable bonds is 4. The predicted octanol–water partition coefficient (Wildman–Crippen LogP) is 3.65. The van der Waals surface area contributed by atoms with E-state index in [-0.39, 0.29) is 5.56 Å². The summed E-state index contributed by atoms with van der Waals surface area (Å²) in [7, 11) is -1.28. The summed E-state index contributed by atoms with van der Waals surface area (Å²) in [5.74, 6) is -0.674. The molecular weight excluding hydrogens is 296 g/mol. The van der Waals surface area contributed by atoms with Gasteiger partial charge in [-0.1, -0.05) is 29.8 Å². The van der Waals surface area contributed by atoms with Crippen LogP contribution >= 0.6 is 11.6 Å². The first kappa shape index (κ1) is 14.8.